The first kappa shape index (κ1) is 22.0. The van der Waals surface area contributed by atoms with Gasteiger partial charge in [0.05, 0.1) is 35.6 Å². The third-order valence-electron chi connectivity index (χ3n) is 5.38. The predicted octanol–water partition coefficient (Wildman–Crippen LogP) is 4.35. The number of carbonyl (C=O) groups excluding carboxylic acids is 1. The van der Waals surface area contributed by atoms with Gasteiger partial charge in [-0.3, -0.25) is 9.89 Å². The van der Waals surface area contributed by atoms with E-state index < -0.39 is 0 Å². The fourth-order valence-electron chi connectivity index (χ4n) is 3.65. The van der Waals surface area contributed by atoms with Crippen LogP contribution in [0.25, 0.3) is 16.9 Å². The van der Waals surface area contributed by atoms with Gasteiger partial charge < -0.3 is 4.74 Å². The summed E-state index contributed by atoms with van der Waals surface area (Å²) in [5.41, 5.74) is 8.89. The lowest BCUT2D eigenvalue weighted by molar-refractivity contribution is 0.0949. The molecule has 0 unspecified atom stereocenters. The Bertz CT molecular complexity index is 1290. The number of amides is 1. The van der Waals surface area contributed by atoms with E-state index in [2.05, 4.69) is 25.8 Å². The second-order valence-electron chi connectivity index (χ2n) is 7.56. The molecule has 0 spiro atoms. The van der Waals surface area contributed by atoms with Crippen LogP contribution in [0, 0.1) is 20.8 Å². The highest BCUT2D eigenvalue weighted by Crippen LogP contribution is 2.25. The number of H-pyrrole nitrogens is 1. The van der Waals surface area contributed by atoms with E-state index in [9.17, 15) is 4.79 Å². The van der Waals surface area contributed by atoms with Crippen LogP contribution in [0.1, 0.15) is 39.9 Å². The average Bonchev–Trinajstić information content (AvgIpc) is 3.35. The molecular weight excluding hydrogens is 416 g/mol. The van der Waals surface area contributed by atoms with Gasteiger partial charge in [0.15, 0.2) is 0 Å². The minimum atomic E-state index is -0.362. The molecule has 0 aliphatic rings. The number of benzene rings is 2. The van der Waals surface area contributed by atoms with Crippen LogP contribution in [-0.2, 0) is 0 Å². The lowest BCUT2D eigenvalue weighted by atomic mass is 10.1. The summed E-state index contributed by atoms with van der Waals surface area (Å²) in [4.78, 5) is 12.7. The van der Waals surface area contributed by atoms with Gasteiger partial charge in [-0.1, -0.05) is 18.2 Å². The molecular formula is C25H26N6O2. The van der Waals surface area contributed by atoms with Crippen LogP contribution in [0.2, 0.25) is 0 Å². The maximum Gasteiger partial charge on any atom is 0.289 e. The Kier molecular flexibility index (Phi) is 6.35. The van der Waals surface area contributed by atoms with Crippen molar-refractivity contribution < 1.29 is 9.53 Å². The molecule has 0 bridgehead atoms. The van der Waals surface area contributed by atoms with Crippen molar-refractivity contribution in [2.45, 2.75) is 27.7 Å². The molecule has 2 N–H and O–H groups in total. The molecule has 4 aromatic rings. The topological polar surface area (TPSA) is 97.2 Å². The van der Waals surface area contributed by atoms with Gasteiger partial charge >= 0.3 is 0 Å². The van der Waals surface area contributed by atoms with Gasteiger partial charge in [0, 0.05) is 16.7 Å². The van der Waals surface area contributed by atoms with Gasteiger partial charge in [0.25, 0.3) is 5.91 Å². The van der Waals surface area contributed by atoms with Crippen molar-refractivity contribution in [1.29, 1.82) is 0 Å². The molecule has 2 aromatic heterocycles. The van der Waals surface area contributed by atoms with Gasteiger partial charge in [-0.05, 0) is 64.1 Å². The van der Waals surface area contributed by atoms with Crippen LogP contribution in [0.15, 0.2) is 59.7 Å². The Hall–Kier alpha value is -4.20. The van der Waals surface area contributed by atoms with Crippen molar-refractivity contribution in [3.8, 4) is 22.7 Å². The third-order valence-corrected chi connectivity index (χ3v) is 5.38. The number of rotatable bonds is 7. The normalized spacial score (nSPS) is 11.2. The van der Waals surface area contributed by atoms with Crippen LogP contribution >= 0.6 is 0 Å². The van der Waals surface area contributed by atoms with Gasteiger partial charge in [0.2, 0.25) is 0 Å². The second-order valence-corrected chi connectivity index (χ2v) is 7.56. The molecule has 168 valence electrons. The SMILES string of the molecule is CCOc1ccc(-c2n[nH]c(C(=O)N/N=C/c3c(C)nn(-c4ccccc4)c3C)c2C)cc1. The number of nitrogens with one attached hydrogen (secondary N) is 2. The molecule has 2 aromatic carbocycles. The van der Waals surface area contributed by atoms with Crippen molar-refractivity contribution in [1.82, 2.24) is 25.4 Å². The predicted molar refractivity (Wildman–Crippen MR) is 128 cm³/mol. The number of aromatic amines is 1. The molecule has 8 heteroatoms. The van der Waals surface area contributed by atoms with Crippen LogP contribution in [0.5, 0.6) is 5.75 Å². The van der Waals surface area contributed by atoms with E-state index in [1.165, 1.54) is 0 Å². The summed E-state index contributed by atoms with van der Waals surface area (Å²) in [6, 6.07) is 17.5. The zero-order chi connectivity index (χ0) is 23.4. The van der Waals surface area contributed by atoms with Crippen molar-refractivity contribution >= 4 is 12.1 Å². The monoisotopic (exact) mass is 442 g/mol. The summed E-state index contributed by atoms with van der Waals surface area (Å²) in [6.45, 7) is 8.29. The van der Waals surface area contributed by atoms with Gasteiger partial charge in [-0.15, -0.1) is 0 Å². The number of aryl methyl sites for hydroxylation is 1. The Labute approximate surface area is 192 Å². The molecule has 0 fully saturated rings. The van der Waals surface area contributed by atoms with E-state index in [0.717, 1.165) is 39.5 Å². The maximum absolute atomic E-state index is 12.7. The Morgan fingerprint density at radius 2 is 1.85 bits per heavy atom. The lowest BCUT2D eigenvalue weighted by Gasteiger charge is -2.04. The van der Waals surface area contributed by atoms with Crippen LogP contribution < -0.4 is 10.2 Å². The van der Waals surface area contributed by atoms with Gasteiger partial charge in [-0.25, -0.2) is 10.1 Å². The van der Waals surface area contributed by atoms with Gasteiger partial charge in [-0.2, -0.15) is 15.3 Å². The standard InChI is InChI=1S/C25H26N6O2/c1-5-33-21-13-11-19(12-14-21)23-16(2)24(28-27-23)25(32)29-26-15-22-17(3)30-31(18(22)4)20-9-7-6-8-10-20/h6-15H,5H2,1-4H3,(H,27,28)(H,29,32)/b26-15+. The molecule has 0 aliphatic heterocycles. The number of hydrazone groups is 1. The number of para-hydroxylation sites is 1. The van der Waals surface area contributed by atoms with Crippen molar-refractivity contribution in [3.05, 3.63) is 82.8 Å². The number of nitrogens with zero attached hydrogens (tertiary/aromatic N) is 4. The number of ether oxygens (including phenoxy) is 1. The van der Waals surface area contributed by atoms with Crippen molar-refractivity contribution in [2.24, 2.45) is 5.10 Å². The lowest BCUT2D eigenvalue weighted by Crippen LogP contribution is -2.19. The first-order chi connectivity index (χ1) is 16.0. The van der Waals surface area contributed by atoms with E-state index >= 15 is 0 Å². The quantitative estimate of drug-likeness (QED) is 0.328. The molecule has 8 nitrogen and oxygen atoms in total. The number of hydrogen-bond donors (Lipinski definition) is 2. The largest absolute Gasteiger partial charge is 0.494 e. The van der Waals surface area contributed by atoms with E-state index in [4.69, 9.17) is 4.74 Å². The highest BCUT2D eigenvalue weighted by Gasteiger charge is 2.17. The molecule has 4 rings (SSSR count). The first-order valence-electron chi connectivity index (χ1n) is 10.7. The number of carbonyl (C=O) groups is 1. The second kappa shape index (κ2) is 9.52. The minimum Gasteiger partial charge on any atom is -0.494 e. The summed E-state index contributed by atoms with van der Waals surface area (Å²) in [6.07, 6.45) is 1.62. The molecule has 0 saturated heterocycles. The third kappa shape index (κ3) is 4.55. The zero-order valence-electron chi connectivity index (χ0n) is 19.1. The molecule has 33 heavy (non-hydrogen) atoms. The molecule has 0 saturated carbocycles. The summed E-state index contributed by atoms with van der Waals surface area (Å²) in [7, 11) is 0. The molecule has 1 amide bonds. The van der Waals surface area contributed by atoms with Crippen molar-refractivity contribution in [2.75, 3.05) is 6.61 Å². The summed E-state index contributed by atoms with van der Waals surface area (Å²) in [5, 5.41) is 15.9. The molecule has 0 atom stereocenters. The highest BCUT2D eigenvalue weighted by molar-refractivity contribution is 5.96. The van der Waals surface area contributed by atoms with Gasteiger partial charge in [0.1, 0.15) is 11.4 Å². The molecule has 2 heterocycles. The Balaban J connectivity index is 1.48. The average molecular weight is 443 g/mol. The van der Waals surface area contributed by atoms with Crippen LogP contribution in [0.3, 0.4) is 0 Å². The highest BCUT2D eigenvalue weighted by atomic mass is 16.5. The van der Waals surface area contributed by atoms with E-state index in [1.54, 1.807) is 6.21 Å². The summed E-state index contributed by atoms with van der Waals surface area (Å²) >= 11 is 0. The van der Waals surface area contributed by atoms with E-state index in [0.29, 0.717) is 18.0 Å². The smallest absolute Gasteiger partial charge is 0.289 e. The summed E-state index contributed by atoms with van der Waals surface area (Å²) < 4.78 is 7.34. The molecule has 0 aliphatic carbocycles. The van der Waals surface area contributed by atoms with E-state index in [-0.39, 0.29) is 5.91 Å². The Morgan fingerprint density at radius 1 is 1.12 bits per heavy atom. The number of hydrogen-bond acceptors (Lipinski definition) is 5. The minimum absolute atomic E-state index is 0.362. The van der Waals surface area contributed by atoms with Crippen molar-refractivity contribution in [3.63, 3.8) is 0 Å². The summed E-state index contributed by atoms with van der Waals surface area (Å²) in [5.74, 6) is 0.433. The number of aromatic nitrogens is 4. The zero-order valence-corrected chi connectivity index (χ0v) is 19.1. The molecule has 0 radical (unpaired) electrons. The fraction of sp³-hybridized carbons (Fsp3) is 0.200. The van der Waals surface area contributed by atoms with E-state index in [1.807, 2.05) is 87.0 Å². The first-order valence-corrected chi connectivity index (χ1v) is 10.7. The maximum atomic E-state index is 12.7. The van der Waals surface area contributed by atoms with Crippen LogP contribution in [-0.4, -0.2) is 38.7 Å². The van der Waals surface area contributed by atoms with Crippen LogP contribution in [0.4, 0.5) is 0 Å². The fourth-order valence-corrected chi connectivity index (χ4v) is 3.65. The Morgan fingerprint density at radius 3 is 2.55 bits per heavy atom.